The first-order chi connectivity index (χ1) is 9.79. The molecule has 21 heavy (non-hydrogen) atoms. The average Bonchev–Trinajstić information content (AvgIpc) is 2.69. The molecule has 0 aromatic carbocycles. The standard InChI is InChI=1S/C12H17F3N2O4/c13-12(14,15)8-21-7-1-5-16-9(18)4-6-17-10(19)2-3-11(17)20/h1-8H2,(H,16,18). The zero-order valence-electron chi connectivity index (χ0n) is 11.4. The first-order valence-corrected chi connectivity index (χ1v) is 6.54. The summed E-state index contributed by atoms with van der Waals surface area (Å²) in [7, 11) is 0. The number of alkyl halides is 3. The highest BCUT2D eigenvalue weighted by molar-refractivity contribution is 6.02. The second kappa shape index (κ2) is 7.96. The molecular formula is C12H17F3N2O4. The SMILES string of the molecule is O=C(CCN1C(=O)CCC1=O)NCCCOCC(F)(F)F. The first-order valence-electron chi connectivity index (χ1n) is 6.54. The van der Waals surface area contributed by atoms with Crippen molar-refractivity contribution in [2.45, 2.75) is 31.9 Å². The summed E-state index contributed by atoms with van der Waals surface area (Å²) < 4.78 is 39.6. The van der Waals surface area contributed by atoms with Gasteiger partial charge in [-0.2, -0.15) is 13.2 Å². The predicted octanol–water partition coefficient (Wildman–Crippen LogP) is 0.611. The van der Waals surface area contributed by atoms with E-state index in [0.29, 0.717) is 0 Å². The highest BCUT2D eigenvalue weighted by Gasteiger charge is 2.29. The first kappa shape index (κ1) is 17.4. The Labute approximate surface area is 119 Å². The molecule has 0 unspecified atom stereocenters. The van der Waals surface area contributed by atoms with Crippen LogP contribution < -0.4 is 5.32 Å². The fourth-order valence-corrected chi connectivity index (χ4v) is 1.76. The number of likely N-dealkylation sites (tertiary alicyclic amines) is 1. The number of rotatable bonds is 8. The van der Waals surface area contributed by atoms with Crippen LogP contribution in [0.3, 0.4) is 0 Å². The predicted molar refractivity (Wildman–Crippen MR) is 65.1 cm³/mol. The van der Waals surface area contributed by atoms with Gasteiger partial charge in [0, 0.05) is 39.0 Å². The number of nitrogens with one attached hydrogen (secondary N) is 1. The van der Waals surface area contributed by atoms with E-state index in [4.69, 9.17) is 0 Å². The van der Waals surface area contributed by atoms with Crippen LogP contribution in [0.25, 0.3) is 0 Å². The van der Waals surface area contributed by atoms with Gasteiger partial charge in [-0.15, -0.1) is 0 Å². The molecule has 0 aromatic rings. The highest BCUT2D eigenvalue weighted by Crippen LogP contribution is 2.14. The van der Waals surface area contributed by atoms with Crippen molar-refractivity contribution >= 4 is 17.7 Å². The zero-order valence-corrected chi connectivity index (χ0v) is 11.4. The van der Waals surface area contributed by atoms with Crippen molar-refractivity contribution in [1.29, 1.82) is 0 Å². The molecule has 1 rings (SSSR count). The number of halogens is 3. The molecule has 120 valence electrons. The maximum Gasteiger partial charge on any atom is 0.411 e. The van der Waals surface area contributed by atoms with E-state index < -0.39 is 12.8 Å². The number of carbonyl (C=O) groups is 3. The molecule has 0 spiro atoms. The fraction of sp³-hybridized carbons (Fsp3) is 0.750. The van der Waals surface area contributed by atoms with Crippen LogP contribution in [-0.2, 0) is 19.1 Å². The molecule has 0 bridgehead atoms. The Morgan fingerprint density at radius 1 is 1.24 bits per heavy atom. The summed E-state index contributed by atoms with van der Waals surface area (Å²) in [6, 6.07) is 0. The van der Waals surface area contributed by atoms with Gasteiger partial charge in [-0.25, -0.2) is 0 Å². The molecule has 1 fully saturated rings. The maximum atomic E-state index is 11.8. The van der Waals surface area contributed by atoms with Gasteiger partial charge in [0.1, 0.15) is 6.61 Å². The Hall–Kier alpha value is -1.64. The number of nitrogens with zero attached hydrogens (tertiary/aromatic N) is 1. The van der Waals surface area contributed by atoms with Gasteiger partial charge in [0.25, 0.3) is 0 Å². The largest absolute Gasteiger partial charge is 0.411 e. The van der Waals surface area contributed by atoms with Crippen LogP contribution in [0.15, 0.2) is 0 Å². The van der Waals surface area contributed by atoms with E-state index in [-0.39, 0.29) is 63.1 Å². The van der Waals surface area contributed by atoms with Gasteiger partial charge in [-0.1, -0.05) is 0 Å². The van der Waals surface area contributed by atoms with E-state index in [2.05, 4.69) is 10.1 Å². The van der Waals surface area contributed by atoms with E-state index in [1.165, 1.54) is 0 Å². The van der Waals surface area contributed by atoms with E-state index in [9.17, 15) is 27.6 Å². The Balaban J connectivity index is 2.04. The normalized spacial score (nSPS) is 15.7. The minimum atomic E-state index is -4.35. The van der Waals surface area contributed by atoms with E-state index >= 15 is 0 Å². The molecule has 0 aromatic heterocycles. The van der Waals surface area contributed by atoms with Crippen LogP contribution in [0.5, 0.6) is 0 Å². The Kier molecular flexibility index (Phi) is 6.60. The third-order valence-corrected chi connectivity index (χ3v) is 2.77. The topological polar surface area (TPSA) is 75.7 Å². The lowest BCUT2D eigenvalue weighted by Gasteiger charge is -2.13. The van der Waals surface area contributed by atoms with Gasteiger partial charge < -0.3 is 10.1 Å². The molecule has 0 radical (unpaired) electrons. The number of hydrogen-bond donors (Lipinski definition) is 1. The quantitative estimate of drug-likeness (QED) is 0.526. The molecule has 1 heterocycles. The Bertz CT molecular complexity index is 382. The summed E-state index contributed by atoms with van der Waals surface area (Å²) in [5.74, 6) is -0.931. The molecule has 9 heteroatoms. The smallest absolute Gasteiger partial charge is 0.372 e. The lowest BCUT2D eigenvalue weighted by Crippen LogP contribution is -2.34. The number of amides is 3. The Morgan fingerprint density at radius 2 is 1.86 bits per heavy atom. The van der Waals surface area contributed by atoms with Gasteiger partial charge in [-0.05, 0) is 6.42 Å². The maximum absolute atomic E-state index is 11.8. The van der Waals surface area contributed by atoms with Crippen LogP contribution >= 0.6 is 0 Å². The summed E-state index contributed by atoms with van der Waals surface area (Å²) in [5.41, 5.74) is 0. The molecule has 0 atom stereocenters. The summed E-state index contributed by atoms with van der Waals surface area (Å²) >= 11 is 0. The van der Waals surface area contributed by atoms with Gasteiger partial charge in [-0.3, -0.25) is 19.3 Å². The average molecular weight is 310 g/mol. The molecule has 6 nitrogen and oxygen atoms in total. The molecule has 0 aliphatic carbocycles. The van der Waals surface area contributed by atoms with Crippen LogP contribution in [0.1, 0.15) is 25.7 Å². The highest BCUT2D eigenvalue weighted by atomic mass is 19.4. The lowest BCUT2D eigenvalue weighted by molar-refractivity contribution is -0.174. The van der Waals surface area contributed by atoms with E-state index in [1.54, 1.807) is 0 Å². The van der Waals surface area contributed by atoms with Crippen LogP contribution in [0.2, 0.25) is 0 Å². The minimum Gasteiger partial charge on any atom is -0.372 e. The summed E-state index contributed by atoms with van der Waals surface area (Å²) in [6.45, 7) is -1.20. The molecule has 3 amide bonds. The van der Waals surface area contributed by atoms with E-state index in [0.717, 1.165) is 4.90 Å². The number of hydrogen-bond acceptors (Lipinski definition) is 4. The molecule has 1 aliphatic rings. The molecule has 1 aliphatic heterocycles. The fourth-order valence-electron chi connectivity index (χ4n) is 1.76. The molecule has 0 saturated carbocycles. The number of carbonyl (C=O) groups excluding carboxylic acids is 3. The number of ether oxygens (including phenoxy) is 1. The van der Waals surface area contributed by atoms with Crippen molar-refractivity contribution in [2.24, 2.45) is 0 Å². The number of imide groups is 1. The van der Waals surface area contributed by atoms with Gasteiger partial charge >= 0.3 is 6.18 Å². The van der Waals surface area contributed by atoms with Crippen LogP contribution in [0.4, 0.5) is 13.2 Å². The minimum absolute atomic E-state index is 0.0130. The van der Waals surface area contributed by atoms with Crippen LogP contribution in [0, 0.1) is 0 Å². The van der Waals surface area contributed by atoms with Gasteiger partial charge in [0.2, 0.25) is 17.7 Å². The van der Waals surface area contributed by atoms with E-state index in [1.807, 2.05) is 0 Å². The third-order valence-electron chi connectivity index (χ3n) is 2.77. The van der Waals surface area contributed by atoms with Crippen molar-refractivity contribution in [1.82, 2.24) is 10.2 Å². The van der Waals surface area contributed by atoms with Gasteiger partial charge in [0.05, 0.1) is 0 Å². The second-order valence-electron chi connectivity index (χ2n) is 4.56. The van der Waals surface area contributed by atoms with Crippen molar-refractivity contribution in [3.8, 4) is 0 Å². The van der Waals surface area contributed by atoms with Crippen molar-refractivity contribution in [2.75, 3.05) is 26.3 Å². The molecule has 1 N–H and O–H groups in total. The molecular weight excluding hydrogens is 293 g/mol. The van der Waals surface area contributed by atoms with Crippen LogP contribution in [-0.4, -0.2) is 55.1 Å². The monoisotopic (exact) mass is 310 g/mol. The van der Waals surface area contributed by atoms with Crippen molar-refractivity contribution in [3.63, 3.8) is 0 Å². The summed E-state index contributed by atoms with van der Waals surface area (Å²) in [6.07, 6.45) is -3.75. The third kappa shape index (κ3) is 7.07. The summed E-state index contributed by atoms with van der Waals surface area (Å²) in [5, 5.41) is 2.48. The van der Waals surface area contributed by atoms with Gasteiger partial charge in [0.15, 0.2) is 0 Å². The summed E-state index contributed by atoms with van der Waals surface area (Å²) in [4.78, 5) is 35.0. The van der Waals surface area contributed by atoms with Crippen molar-refractivity contribution in [3.05, 3.63) is 0 Å². The second-order valence-corrected chi connectivity index (χ2v) is 4.56. The zero-order chi connectivity index (χ0) is 15.9. The molecule has 1 saturated heterocycles. The lowest BCUT2D eigenvalue weighted by atomic mass is 10.3. The van der Waals surface area contributed by atoms with Crippen molar-refractivity contribution < 1.29 is 32.3 Å². The Morgan fingerprint density at radius 3 is 2.43 bits per heavy atom.